The van der Waals surface area contributed by atoms with Crippen LogP contribution in [0.5, 0.6) is 5.75 Å². The first-order valence-electron chi connectivity index (χ1n) is 10.6. The maximum atomic E-state index is 12.0. The minimum absolute atomic E-state index is 0.114. The van der Waals surface area contributed by atoms with Gasteiger partial charge >= 0.3 is 5.97 Å². The lowest BCUT2D eigenvalue weighted by Gasteiger charge is -2.36. The number of aliphatic carboxylic acids is 1. The van der Waals surface area contributed by atoms with Gasteiger partial charge in [-0.2, -0.15) is 0 Å². The molecule has 1 aliphatic carbocycles. The van der Waals surface area contributed by atoms with Crippen LogP contribution in [0.1, 0.15) is 39.4 Å². The van der Waals surface area contributed by atoms with Gasteiger partial charge in [-0.15, -0.1) is 0 Å². The van der Waals surface area contributed by atoms with Gasteiger partial charge in [-0.1, -0.05) is 56.3 Å². The van der Waals surface area contributed by atoms with Gasteiger partial charge in [0.2, 0.25) is 8.32 Å². The first-order valence-corrected chi connectivity index (χ1v) is 13.5. The molecule has 0 bridgehead atoms. The molecule has 2 aromatic carbocycles. The lowest BCUT2D eigenvalue weighted by atomic mass is 9.92. The van der Waals surface area contributed by atoms with Crippen molar-refractivity contribution in [1.82, 2.24) is 5.16 Å². The van der Waals surface area contributed by atoms with Gasteiger partial charge in [0.05, 0.1) is 5.56 Å². The molecular formula is C25H29NO4Si. The van der Waals surface area contributed by atoms with Crippen LogP contribution < -0.4 is 4.43 Å². The second-order valence-corrected chi connectivity index (χ2v) is 14.6. The molecule has 162 valence electrons. The van der Waals surface area contributed by atoms with Crippen LogP contribution >= 0.6 is 0 Å². The fourth-order valence-electron chi connectivity index (χ4n) is 3.48. The van der Waals surface area contributed by atoms with E-state index in [1.165, 1.54) is 0 Å². The summed E-state index contributed by atoms with van der Waals surface area (Å²) in [4.78, 5) is 12.0. The third-order valence-electron chi connectivity index (χ3n) is 6.66. The molecule has 6 heteroatoms. The fraction of sp³-hybridized carbons (Fsp3) is 0.360. The largest absolute Gasteiger partial charge is 0.544 e. The van der Waals surface area contributed by atoms with E-state index < -0.39 is 19.7 Å². The van der Waals surface area contributed by atoms with Crippen molar-refractivity contribution >= 4 is 14.3 Å². The molecular weight excluding hydrogens is 406 g/mol. The van der Waals surface area contributed by atoms with Gasteiger partial charge in [-0.05, 0) is 60.8 Å². The van der Waals surface area contributed by atoms with E-state index in [1.54, 1.807) is 0 Å². The third kappa shape index (κ3) is 3.80. The highest BCUT2D eigenvalue weighted by Crippen LogP contribution is 2.53. The van der Waals surface area contributed by atoms with Gasteiger partial charge in [-0.25, -0.2) is 0 Å². The highest BCUT2D eigenvalue weighted by molar-refractivity contribution is 6.74. The number of nitrogens with zero attached hydrogens (tertiary/aromatic N) is 1. The summed E-state index contributed by atoms with van der Waals surface area (Å²) in [7, 11) is -1.93. The summed E-state index contributed by atoms with van der Waals surface area (Å²) >= 11 is 0. The Morgan fingerprint density at radius 1 is 1.03 bits per heavy atom. The molecule has 1 saturated carbocycles. The van der Waals surface area contributed by atoms with Crippen molar-refractivity contribution in [1.29, 1.82) is 0 Å². The van der Waals surface area contributed by atoms with E-state index in [0.717, 1.165) is 22.4 Å². The Morgan fingerprint density at radius 2 is 1.65 bits per heavy atom. The van der Waals surface area contributed by atoms with E-state index in [1.807, 2.05) is 54.6 Å². The quantitative estimate of drug-likeness (QED) is 0.447. The molecule has 1 fully saturated rings. The van der Waals surface area contributed by atoms with Gasteiger partial charge in [0, 0.05) is 5.56 Å². The standard InChI is InChI=1S/C25H29NO4Si/c1-24(2,3)31(4,5)30-19-13-11-18(12-14-19)21-20(17-9-7-6-8-10-17)22(29-26-21)25(15-16-25)23(27)28/h6-14H,15-16H2,1-5H3,(H,27,28). The van der Waals surface area contributed by atoms with Crippen LogP contribution in [0.4, 0.5) is 0 Å². The molecule has 0 amide bonds. The zero-order chi connectivity index (χ0) is 22.4. The summed E-state index contributed by atoms with van der Waals surface area (Å²) in [5.74, 6) is 0.429. The number of benzene rings is 2. The molecule has 1 heterocycles. The number of hydrogen-bond acceptors (Lipinski definition) is 4. The zero-order valence-electron chi connectivity index (χ0n) is 18.7. The Kier molecular flexibility index (Phi) is 5.08. The Morgan fingerprint density at radius 3 is 2.16 bits per heavy atom. The molecule has 3 aromatic rings. The molecule has 5 nitrogen and oxygen atoms in total. The molecule has 4 rings (SSSR count). The molecule has 1 aromatic heterocycles. The minimum Gasteiger partial charge on any atom is -0.544 e. The average Bonchev–Trinajstić information content (AvgIpc) is 3.41. The van der Waals surface area contributed by atoms with Crippen molar-refractivity contribution in [2.75, 3.05) is 0 Å². The second-order valence-electron chi connectivity index (χ2n) is 9.88. The lowest BCUT2D eigenvalue weighted by molar-refractivity contribution is -0.140. The molecule has 0 spiro atoms. The lowest BCUT2D eigenvalue weighted by Crippen LogP contribution is -2.43. The van der Waals surface area contributed by atoms with Crippen molar-refractivity contribution in [3.8, 4) is 28.1 Å². The number of rotatable bonds is 6. The minimum atomic E-state index is -1.93. The highest BCUT2D eigenvalue weighted by Gasteiger charge is 2.57. The second kappa shape index (κ2) is 7.37. The van der Waals surface area contributed by atoms with Crippen LogP contribution in [0, 0.1) is 0 Å². The van der Waals surface area contributed by atoms with E-state index in [4.69, 9.17) is 8.95 Å². The van der Waals surface area contributed by atoms with E-state index >= 15 is 0 Å². The maximum absolute atomic E-state index is 12.0. The predicted octanol–water partition coefficient (Wildman–Crippen LogP) is 6.51. The van der Waals surface area contributed by atoms with Gasteiger partial charge in [0.15, 0.2) is 5.76 Å². The Hall–Kier alpha value is -2.86. The molecule has 0 atom stereocenters. The predicted molar refractivity (Wildman–Crippen MR) is 124 cm³/mol. The van der Waals surface area contributed by atoms with Crippen LogP contribution in [0.15, 0.2) is 59.1 Å². The summed E-state index contributed by atoms with van der Waals surface area (Å²) in [6, 6.07) is 17.6. The van der Waals surface area contributed by atoms with Crippen LogP contribution in [-0.2, 0) is 10.2 Å². The zero-order valence-corrected chi connectivity index (χ0v) is 19.7. The highest BCUT2D eigenvalue weighted by atomic mass is 28.4. The van der Waals surface area contributed by atoms with E-state index in [0.29, 0.717) is 24.3 Å². The molecule has 31 heavy (non-hydrogen) atoms. The van der Waals surface area contributed by atoms with Crippen LogP contribution in [0.25, 0.3) is 22.4 Å². The van der Waals surface area contributed by atoms with Crippen molar-refractivity contribution in [2.45, 2.75) is 57.2 Å². The van der Waals surface area contributed by atoms with Crippen molar-refractivity contribution in [3.05, 3.63) is 60.4 Å². The molecule has 0 unspecified atom stereocenters. The molecule has 1 aliphatic rings. The molecule has 1 N–H and O–H groups in total. The van der Waals surface area contributed by atoms with Crippen LogP contribution in [-0.4, -0.2) is 24.5 Å². The molecule has 0 radical (unpaired) electrons. The van der Waals surface area contributed by atoms with Gasteiger partial charge in [-0.3, -0.25) is 4.79 Å². The van der Waals surface area contributed by atoms with Crippen LogP contribution in [0.3, 0.4) is 0 Å². The van der Waals surface area contributed by atoms with Gasteiger partial charge in [0.1, 0.15) is 16.9 Å². The summed E-state index contributed by atoms with van der Waals surface area (Å²) in [5, 5.41) is 14.3. The topological polar surface area (TPSA) is 72.6 Å². The van der Waals surface area contributed by atoms with Gasteiger partial charge < -0.3 is 14.1 Å². The smallest absolute Gasteiger partial charge is 0.317 e. The Balaban J connectivity index is 1.74. The number of carbonyl (C=O) groups is 1. The average molecular weight is 436 g/mol. The first-order chi connectivity index (χ1) is 14.6. The summed E-state index contributed by atoms with van der Waals surface area (Å²) in [5.41, 5.74) is 2.23. The fourth-order valence-corrected chi connectivity index (χ4v) is 4.51. The first kappa shape index (κ1) is 21.4. The van der Waals surface area contributed by atoms with Crippen molar-refractivity contribution in [2.24, 2.45) is 0 Å². The number of aromatic nitrogens is 1. The van der Waals surface area contributed by atoms with Gasteiger partial charge in [0.25, 0.3) is 0 Å². The maximum Gasteiger partial charge on any atom is 0.317 e. The Bertz CT molecular complexity index is 1090. The number of carboxylic acids is 1. The SMILES string of the molecule is CC(C)(C)[Si](C)(C)Oc1ccc(-c2noc(C3(C(=O)O)CC3)c2-c2ccccc2)cc1. The van der Waals surface area contributed by atoms with Crippen molar-refractivity contribution in [3.63, 3.8) is 0 Å². The summed E-state index contributed by atoms with van der Waals surface area (Å²) in [6.07, 6.45) is 1.13. The number of hydrogen-bond donors (Lipinski definition) is 1. The molecule has 0 aliphatic heterocycles. The summed E-state index contributed by atoms with van der Waals surface area (Å²) < 4.78 is 12.1. The van der Waals surface area contributed by atoms with E-state index in [-0.39, 0.29) is 5.04 Å². The van der Waals surface area contributed by atoms with Crippen LogP contribution in [0.2, 0.25) is 18.1 Å². The molecule has 0 saturated heterocycles. The van der Waals surface area contributed by atoms with Crippen molar-refractivity contribution < 1.29 is 18.9 Å². The van der Waals surface area contributed by atoms with E-state index in [2.05, 4.69) is 39.0 Å². The summed E-state index contributed by atoms with van der Waals surface area (Å²) in [6.45, 7) is 11.1. The Labute approximate surface area is 184 Å². The third-order valence-corrected chi connectivity index (χ3v) is 11.0. The van der Waals surface area contributed by atoms with E-state index in [9.17, 15) is 9.90 Å². The normalized spacial score (nSPS) is 15.5. The monoisotopic (exact) mass is 435 g/mol. The number of carboxylic acid groups (broad SMARTS) is 1.